The monoisotopic (exact) mass is 246 g/mol. The third kappa shape index (κ3) is 2.91. The highest BCUT2D eigenvalue weighted by molar-refractivity contribution is 5.94. The van der Waals surface area contributed by atoms with Gasteiger partial charge in [0.15, 0.2) is 0 Å². The molecule has 0 aromatic heterocycles. The van der Waals surface area contributed by atoms with Gasteiger partial charge in [-0.25, -0.2) is 0 Å². The van der Waals surface area contributed by atoms with Crippen LogP contribution in [-0.2, 0) is 4.79 Å². The van der Waals surface area contributed by atoms with E-state index in [1.54, 1.807) is 0 Å². The standard InChI is InChI=1S/C15H22N2O/c1-11-6-4-7-12(2)14(11)16-15(18)13-8-5-9-17(3)10-13/h4,6-7,13H,5,8-10H2,1-3H3,(H,16,18). The van der Waals surface area contributed by atoms with Gasteiger partial charge in [0.1, 0.15) is 0 Å². The lowest BCUT2D eigenvalue weighted by molar-refractivity contribution is -0.121. The van der Waals surface area contributed by atoms with Gasteiger partial charge in [0.25, 0.3) is 0 Å². The number of carbonyl (C=O) groups excluding carboxylic acids is 1. The Morgan fingerprint density at radius 3 is 2.61 bits per heavy atom. The van der Waals surface area contributed by atoms with Crippen LogP contribution in [0.5, 0.6) is 0 Å². The van der Waals surface area contributed by atoms with E-state index in [1.165, 1.54) is 0 Å². The van der Waals surface area contributed by atoms with Crippen molar-refractivity contribution in [2.24, 2.45) is 5.92 Å². The van der Waals surface area contributed by atoms with Crippen LogP contribution in [0.25, 0.3) is 0 Å². The molecule has 1 saturated heterocycles. The Labute approximate surface area is 109 Å². The Morgan fingerprint density at radius 1 is 1.33 bits per heavy atom. The van der Waals surface area contributed by atoms with E-state index in [9.17, 15) is 4.79 Å². The van der Waals surface area contributed by atoms with Crippen molar-refractivity contribution in [3.63, 3.8) is 0 Å². The Morgan fingerprint density at radius 2 is 2.00 bits per heavy atom. The molecule has 1 atom stereocenters. The summed E-state index contributed by atoms with van der Waals surface area (Å²) in [5.74, 6) is 0.293. The lowest BCUT2D eigenvalue weighted by Crippen LogP contribution is -2.38. The maximum absolute atomic E-state index is 12.3. The summed E-state index contributed by atoms with van der Waals surface area (Å²) in [5, 5.41) is 3.10. The molecule has 1 aromatic carbocycles. The smallest absolute Gasteiger partial charge is 0.228 e. The van der Waals surface area contributed by atoms with Gasteiger partial charge < -0.3 is 10.2 Å². The first-order valence-corrected chi connectivity index (χ1v) is 6.63. The molecule has 1 aliphatic rings. The fourth-order valence-corrected chi connectivity index (χ4v) is 2.62. The number of nitrogens with one attached hydrogen (secondary N) is 1. The van der Waals surface area contributed by atoms with Gasteiger partial charge >= 0.3 is 0 Å². The van der Waals surface area contributed by atoms with Crippen LogP contribution in [-0.4, -0.2) is 30.9 Å². The summed E-state index contributed by atoms with van der Waals surface area (Å²) >= 11 is 0. The lowest BCUT2D eigenvalue weighted by atomic mass is 9.97. The summed E-state index contributed by atoms with van der Waals surface area (Å²) < 4.78 is 0. The summed E-state index contributed by atoms with van der Waals surface area (Å²) in [7, 11) is 2.08. The number of aryl methyl sites for hydroxylation is 2. The molecule has 1 amide bonds. The molecule has 0 bridgehead atoms. The number of hydrogen-bond donors (Lipinski definition) is 1. The number of para-hydroxylation sites is 1. The second kappa shape index (κ2) is 5.53. The molecular formula is C15H22N2O. The van der Waals surface area contributed by atoms with Crippen LogP contribution < -0.4 is 5.32 Å². The predicted octanol–water partition coefficient (Wildman–Crippen LogP) is 2.58. The zero-order valence-corrected chi connectivity index (χ0v) is 11.5. The first-order valence-electron chi connectivity index (χ1n) is 6.63. The molecule has 0 aliphatic carbocycles. The van der Waals surface area contributed by atoms with Crippen molar-refractivity contribution in [3.8, 4) is 0 Å². The molecule has 3 heteroatoms. The molecule has 98 valence electrons. The van der Waals surface area contributed by atoms with Crippen LogP contribution in [0.15, 0.2) is 18.2 Å². The van der Waals surface area contributed by atoms with E-state index in [2.05, 4.69) is 17.3 Å². The number of rotatable bonds is 2. The average molecular weight is 246 g/mol. The number of hydrogen-bond acceptors (Lipinski definition) is 2. The molecule has 1 unspecified atom stereocenters. The molecule has 2 rings (SSSR count). The first kappa shape index (κ1) is 13.1. The van der Waals surface area contributed by atoms with Crippen molar-refractivity contribution in [2.45, 2.75) is 26.7 Å². The Kier molecular flexibility index (Phi) is 4.02. The van der Waals surface area contributed by atoms with Gasteiger partial charge in [-0.2, -0.15) is 0 Å². The molecule has 0 radical (unpaired) electrons. The number of piperidine rings is 1. The largest absolute Gasteiger partial charge is 0.325 e. The number of carbonyl (C=O) groups is 1. The Bertz CT molecular complexity index is 422. The fourth-order valence-electron chi connectivity index (χ4n) is 2.62. The van der Waals surface area contributed by atoms with Crippen molar-refractivity contribution in [1.82, 2.24) is 4.90 Å². The maximum Gasteiger partial charge on any atom is 0.228 e. The molecule has 0 saturated carbocycles. The number of nitrogens with zero attached hydrogens (tertiary/aromatic N) is 1. The molecule has 3 nitrogen and oxygen atoms in total. The highest BCUT2D eigenvalue weighted by Gasteiger charge is 2.24. The summed E-state index contributed by atoms with van der Waals surface area (Å²) in [6.45, 7) is 6.05. The fraction of sp³-hybridized carbons (Fsp3) is 0.533. The minimum absolute atomic E-state index is 0.128. The van der Waals surface area contributed by atoms with E-state index in [0.717, 1.165) is 42.7 Å². The van der Waals surface area contributed by atoms with Crippen molar-refractivity contribution >= 4 is 11.6 Å². The van der Waals surface area contributed by atoms with Crippen molar-refractivity contribution in [3.05, 3.63) is 29.3 Å². The number of anilines is 1. The molecule has 1 heterocycles. The summed E-state index contributed by atoms with van der Waals surface area (Å²) in [6.07, 6.45) is 2.11. The molecule has 1 aliphatic heterocycles. The van der Waals surface area contributed by atoms with Gasteiger partial charge in [-0.3, -0.25) is 4.79 Å². The van der Waals surface area contributed by atoms with Gasteiger partial charge in [0.2, 0.25) is 5.91 Å². The third-order valence-corrected chi connectivity index (χ3v) is 3.72. The van der Waals surface area contributed by atoms with Gasteiger partial charge in [0.05, 0.1) is 5.92 Å². The van der Waals surface area contributed by atoms with E-state index in [1.807, 2.05) is 32.0 Å². The van der Waals surface area contributed by atoms with E-state index in [-0.39, 0.29) is 11.8 Å². The quantitative estimate of drug-likeness (QED) is 0.870. The molecule has 1 aromatic rings. The highest BCUT2D eigenvalue weighted by Crippen LogP contribution is 2.22. The van der Waals surface area contributed by atoms with E-state index in [4.69, 9.17) is 0 Å². The predicted molar refractivity (Wildman–Crippen MR) is 74.8 cm³/mol. The van der Waals surface area contributed by atoms with Crippen LogP contribution in [0.4, 0.5) is 5.69 Å². The summed E-state index contributed by atoms with van der Waals surface area (Å²) in [5.41, 5.74) is 3.25. The van der Waals surface area contributed by atoms with Crippen molar-refractivity contribution in [2.75, 3.05) is 25.5 Å². The number of benzene rings is 1. The number of amides is 1. The Balaban J connectivity index is 2.07. The normalized spacial score (nSPS) is 20.7. The highest BCUT2D eigenvalue weighted by atomic mass is 16.1. The minimum Gasteiger partial charge on any atom is -0.325 e. The van der Waals surface area contributed by atoms with E-state index >= 15 is 0 Å². The number of likely N-dealkylation sites (tertiary alicyclic amines) is 1. The van der Waals surface area contributed by atoms with E-state index < -0.39 is 0 Å². The average Bonchev–Trinajstić information content (AvgIpc) is 2.34. The third-order valence-electron chi connectivity index (χ3n) is 3.72. The first-order chi connectivity index (χ1) is 8.58. The second-order valence-electron chi connectivity index (χ2n) is 5.36. The van der Waals surface area contributed by atoms with Crippen molar-refractivity contribution in [1.29, 1.82) is 0 Å². The van der Waals surface area contributed by atoms with E-state index in [0.29, 0.717) is 0 Å². The van der Waals surface area contributed by atoms with Gasteiger partial charge in [-0.05, 0) is 51.4 Å². The minimum atomic E-state index is 0.128. The Hall–Kier alpha value is -1.35. The maximum atomic E-state index is 12.3. The molecule has 1 N–H and O–H groups in total. The van der Waals surface area contributed by atoms with Gasteiger partial charge in [-0.15, -0.1) is 0 Å². The lowest BCUT2D eigenvalue weighted by Gasteiger charge is -2.29. The topological polar surface area (TPSA) is 32.3 Å². The van der Waals surface area contributed by atoms with Crippen LogP contribution >= 0.6 is 0 Å². The zero-order valence-electron chi connectivity index (χ0n) is 11.5. The zero-order chi connectivity index (χ0) is 13.1. The van der Waals surface area contributed by atoms with Crippen LogP contribution in [0.3, 0.4) is 0 Å². The summed E-state index contributed by atoms with van der Waals surface area (Å²) in [6, 6.07) is 6.10. The molecular weight excluding hydrogens is 224 g/mol. The molecule has 18 heavy (non-hydrogen) atoms. The van der Waals surface area contributed by atoms with Gasteiger partial charge in [0, 0.05) is 12.2 Å². The van der Waals surface area contributed by atoms with Crippen LogP contribution in [0.1, 0.15) is 24.0 Å². The van der Waals surface area contributed by atoms with Gasteiger partial charge in [-0.1, -0.05) is 18.2 Å². The van der Waals surface area contributed by atoms with Crippen molar-refractivity contribution < 1.29 is 4.79 Å². The molecule has 0 spiro atoms. The van der Waals surface area contributed by atoms with Crippen LogP contribution in [0.2, 0.25) is 0 Å². The molecule has 1 fully saturated rings. The second-order valence-corrected chi connectivity index (χ2v) is 5.36. The SMILES string of the molecule is Cc1cccc(C)c1NC(=O)C1CCCN(C)C1. The summed E-state index contributed by atoms with van der Waals surface area (Å²) in [4.78, 5) is 14.5. The van der Waals surface area contributed by atoms with Crippen LogP contribution in [0, 0.1) is 19.8 Å².